The average molecular weight is 403 g/mol. The zero-order valence-corrected chi connectivity index (χ0v) is 17.1. The zero-order chi connectivity index (χ0) is 20.9. The van der Waals surface area contributed by atoms with Crippen molar-refractivity contribution in [2.24, 2.45) is 0 Å². The van der Waals surface area contributed by atoms with Crippen LogP contribution in [0.15, 0.2) is 55.1 Å². The Morgan fingerprint density at radius 3 is 2.57 bits per heavy atom. The number of anilines is 2. The molecule has 0 atom stereocenters. The maximum Gasteiger partial charge on any atom is 0.226 e. The Balaban J connectivity index is 1.57. The van der Waals surface area contributed by atoms with Gasteiger partial charge in [0.2, 0.25) is 5.95 Å². The summed E-state index contributed by atoms with van der Waals surface area (Å²) < 4.78 is 2.01. The minimum atomic E-state index is 0.0108. The maximum atomic E-state index is 9.11. The van der Waals surface area contributed by atoms with E-state index in [-0.39, 0.29) is 12.6 Å². The van der Waals surface area contributed by atoms with Gasteiger partial charge in [0, 0.05) is 31.5 Å². The number of aliphatic hydroxyl groups excluding tert-OH is 1. The van der Waals surface area contributed by atoms with E-state index in [2.05, 4.69) is 68.7 Å². The third kappa shape index (κ3) is 4.23. The van der Waals surface area contributed by atoms with Crippen LogP contribution < -0.4 is 10.6 Å². The van der Waals surface area contributed by atoms with E-state index in [1.54, 1.807) is 12.5 Å². The second-order valence-corrected chi connectivity index (χ2v) is 7.26. The minimum Gasteiger partial charge on any atom is -0.395 e. The summed E-state index contributed by atoms with van der Waals surface area (Å²) >= 11 is 0. The lowest BCUT2D eigenvalue weighted by Crippen LogP contribution is -2.12. The molecule has 0 aliphatic heterocycles. The summed E-state index contributed by atoms with van der Waals surface area (Å²) in [6.45, 7) is 5.17. The third-order valence-corrected chi connectivity index (χ3v) is 4.78. The van der Waals surface area contributed by atoms with Gasteiger partial charge in [-0.2, -0.15) is 9.97 Å². The molecule has 8 heteroatoms. The van der Waals surface area contributed by atoms with Crippen molar-refractivity contribution < 1.29 is 5.11 Å². The number of nitrogens with one attached hydrogen (secondary N) is 2. The van der Waals surface area contributed by atoms with Gasteiger partial charge in [0.1, 0.15) is 0 Å². The van der Waals surface area contributed by atoms with Crippen molar-refractivity contribution in [2.75, 3.05) is 23.8 Å². The van der Waals surface area contributed by atoms with Crippen molar-refractivity contribution in [3.05, 3.63) is 60.7 Å². The number of nitrogens with zero attached hydrogens (tertiary/aromatic N) is 5. The van der Waals surface area contributed by atoms with Crippen molar-refractivity contribution in [3.63, 3.8) is 0 Å². The number of aliphatic hydroxyl groups is 1. The molecule has 154 valence electrons. The third-order valence-electron chi connectivity index (χ3n) is 4.78. The molecule has 0 radical (unpaired) electrons. The molecule has 0 fully saturated rings. The normalized spacial score (nSPS) is 11.2. The number of fused-ring (bicyclic) bond motifs is 1. The first-order valence-electron chi connectivity index (χ1n) is 9.98. The van der Waals surface area contributed by atoms with Crippen LogP contribution in [0, 0.1) is 0 Å². The Bertz CT molecular complexity index is 1110. The van der Waals surface area contributed by atoms with E-state index < -0.39 is 0 Å². The van der Waals surface area contributed by atoms with Crippen molar-refractivity contribution in [1.29, 1.82) is 0 Å². The first-order chi connectivity index (χ1) is 14.7. The molecule has 0 aliphatic carbocycles. The number of aromatic nitrogens is 5. The standard InChI is InChI=1S/C22H25N7O/c1-15(2)29-14-26-19-20(27-22(24-10-11-30)28-21(19)29)25-12-16-5-7-17(8-6-16)18-4-3-9-23-13-18/h3-9,13-15,30H,10-12H2,1-2H3,(H2,24,25,27,28). The van der Waals surface area contributed by atoms with E-state index in [9.17, 15) is 0 Å². The van der Waals surface area contributed by atoms with E-state index in [1.807, 2.05) is 22.9 Å². The zero-order valence-electron chi connectivity index (χ0n) is 17.1. The second-order valence-electron chi connectivity index (χ2n) is 7.26. The van der Waals surface area contributed by atoms with E-state index in [0.717, 1.165) is 27.9 Å². The number of hydrogen-bond donors (Lipinski definition) is 3. The van der Waals surface area contributed by atoms with Crippen LogP contribution in [-0.2, 0) is 6.54 Å². The van der Waals surface area contributed by atoms with Gasteiger partial charge in [-0.15, -0.1) is 0 Å². The van der Waals surface area contributed by atoms with E-state index in [0.29, 0.717) is 24.9 Å². The van der Waals surface area contributed by atoms with Gasteiger partial charge in [0.25, 0.3) is 0 Å². The highest BCUT2D eigenvalue weighted by molar-refractivity contribution is 5.84. The largest absolute Gasteiger partial charge is 0.395 e. The number of rotatable bonds is 8. The Labute approximate surface area is 175 Å². The van der Waals surface area contributed by atoms with Gasteiger partial charge in [0.15, 0.2) is 17.0 Å². The Morgan fingerprint density at radius 1 is 1.03 bits per heavy atom. The monoisotopic (exact) mass is 403 g/mol. The molecule has 3 N–H and O–H groups in total. The van der Waals surface area contributed by atoms with Crippen molar-refractivity contribution in [2.45, 2.75) is 26.4 Å². The summed E-state index contributed by atoms with van der Waals surface area (Å²) in [7, 11) is 0. The fourth-order valence-corrected chi connectivity index (χ4v) is 3.20. The first-order valence-corrected chi connectivity index (χ1v) is 9.98. The van der Waals surface area contributed by atoms with Crippen LogP contribution in [-0.4, -0.2) is 42.8 Å². The molecule has 0 saturated carbocycles. The predicted octanol–water partition coefficient (Wildman–Crippen LogP) is 3.49. The molecule has 3 heterocycles. The van der Waals surface area contributed by atoms with E-state index in [4.69, 9.17) is 5.11 Å². The number of imidazole rings is 1. The Hall–Kier alpha value is -3.52. The quantitative estimate of drug-likeness (QED) is 0.414. The van der Waals surface area contributed by atoms with Gasteiger partial charge in [-0.05, 0) is 36.6 Å². The molecule has 0 aliphatic rings. The van der Waals surface area contributed by atoms with E-state index in [1.165, 1.54) is 0 Å². The molecule has 0 spiro atoms. The molecule has 4 aromatic rings. The molecular formula is C22H25N7O. The summed E-state index contributed by atoms with van der Waals surface area (Å²) in [6.07, 6.45) is 5.42. The molecule has 1 aromatic carbocycles. The molecule has 3 aromatic heterocycles. The summed E-state index contributed by atoms with van der Waals surface area (Å²) in [5.74, 6) is 1.13. The van der Waals surface area contributed by atoms with Crippen LogP contribution in [0.1, 0.15) is 25.5 Å². The van der Waals surface area contributed by atoms with Gasteiger partial charge in [-0.25, -0.2) is 4.98 Å². The second kappa shape index (κ2) is 8.87. The fraction of sp³-hybridized carbons (Fsp3) is 0.273. The van der Waals surface area contributed by atoms with Crippen LogP contribution in [0.25, 0.3) is 22.3 Å². The van der Waals surface area contributed by atoms with Gasteiger partial charge < -0.3 is 20.3 Å². The first kappa shape index (κ1) is 19.8. The number of benzene rings is 1. The molecule has 30 heavy (non-hydrogen) atoms. The molecule has 4 rings (SSSR count). The summed E-state index contributed by atoms with van der Waals surface area (Å²) in [5.41, 5.74) is 4.83. The number of hydrogen-bond acceptors (Lipinski definition) is 7. The fourth-order valence-electron chi connectivity index (χ4n) is 3.20. The lowest BCUT2D eigenvalue weighted by molar-refractivity contribution is 0.311. The SMILES string of the molecule is CC(C)n1cnc2c(NCc3ccc(-c4cccnc4)cc3)nc(NCCO)nc21. The summed E-state index contributed by atoms with van der Waals surface area (Å²) in [4.78, 5) is 17.8. The predicted molar refractivity (Wildman–Crippen MR) is 118 cm³/mol. The summed E-state index contributed by atoms with van der Waals surface area (Å²) in [5, 5.41) is 15.6. The summed E-state index contributed by atoms with van der Waals surface area (Å²) in [6, 6.07) is 12.6. The highest BCUT2D eigenvalue weighted by atomic mass is 16.3. The van der Waals surface area contributed by atoms with Gasteiger partial charge in [-0.3, -0.25) is 4.98 Å². The van der Waals surface area contributed by atoms with Crippen molar-refractivity contribution in [3.8, 4) is 11.1 Å². The lowest BCUT2D eigenvalue weighted by atomic mass is 10.1. The highest BCUT2D eigenvalue weighted by Gasteiger charge is 2.14. The Morgan fingerprint density at radius 2 is 1.87 bits per heavy atom. The minimum absolute atomic E-state index is 0.0108. The molecule has 0 unspecified atom stereocenters. The van der Waals surface area contributed by atoms with Crippen LogP contribution in [0.4, 0.5) is 11.8 Å². The van der Waals surface area contributed by atoms with Gasteiger partial charge >= 0.3 is 0 Å². The van der Waals surface area contributed by atoms with E-state index >= 15 is 0 Å². The molecular weight excluding hydrogens is 378 g/mol. The molecule has 0 amide bonds. The average Bonchev–Trinajstić information content (AvgIpc) is 3.21. The molecule has 0 bridgehead atoms. The van der Waals surface area contributed by atoms with Crippen LogP contribution in [0.5, 0.6) is 0 Å². The highest BCUT2D eigenvalue weighted by Crippen LogP contribution is 2.24. The molecule has 8 nitrogen and oxygen atoms in total. The lowest BCUT2D eigenvalue weighted by Gasteiger charge is -2.12. The maximum absolute atomic E-state index is 9.11. The van der Waals surface area contributed by atoms with Crippen LogP contribution >= 0.6 is 0 Å². The molecule has 0 saturated heterocycles. The van der Waals surface area contributed by atoms with Crippen molar-refractivity contribution >= 4 is 22.9 Å². The van der Waals surface area contributed by atoms with Crippen LogP contribution in [0.2, 0.25) is 0 Å². The van der Waals surface area contributed by atoms with Crippen molar-refractivity contribution in [1.82, 2.24) is 24.5 Å². The topological polar surface area (TPSA) is 101 Å². The number of pyridine rings is 1. The van der Waals surface area contributed by atoms with Gasteiger partial charge in [-0.1, -0.05) is 30.3 Å². The smallest absolute Gasteiger partial charge is 0.226 e. The van der Waals surface area contributed by atoms with Crippen LogP contribution in [0.3, 0.4) is 0 Å². The Kier molecular flexibility index (Phi) is 5.85. The van der Waals surface area contributed by atoms with Gasteiger partial charge in [0.05, 0.1) is 12.9 Å².